The summed E-state index contributed by atoms with van der Waals surface area (Å²) in [5, 5.41) is 22.9. The third kappa shape index (κ3) is 4.60. The van der Waals surface area contributed by atoms with E-state index in [0.717, 1.165) is 17.8 Å². The van der Waals surface area contributed by atoms with Gasteiger partial charge in [0.1, 0.15) is 29.3 Å². The second-order valence-electron chi connectivity index (χ2n) is 6.01. The molecule has 0 amide bonds. The Morgan fingerprint density at radius 1 is 1.28 bits per heavy atom. The minimum Gasteiger partial charge on any atom is -0.493 e. The third-order valence-electron chi connectivity index (χ3n) is 3.92. The molecule has 3 aromatic rings. The molecule has 0 saturated carbocycles. The van der Waals surface area contributed by atoms with Crippen LogP contribution in [0.5, 0.6) is 11.5 Å². The molecule has 0 atom stereocenters. The fourth-order valence-corrected chi connectivity index (χ4v) is 3.61. The maximum atomic E-state index is 12.3. The zero-order chi connectivity index (χ0) is 20.8. The number of methoxy groups -OCH3 is 1. The molecule has 0 N–H and O–H groups in total. The van der Waals surface area contributed by atoms with E-state index in [2.05, 4.69) is 17.0 Å². The Labute approximate surface area is 170 Å². The molecule has 1 aromatic carbocycles. The lowest BCUT2D eigenvalue weighted by Crippen LogP contribution is -2.16. The molecule has 0 aliphatic carbocycles. The topological polar surface area (TPSA) is 113 Å². The lowest BCUT2D eigenvalue weighted by molar-refractivity contribution is 0.280. The number of aryl methyl sites for hydroxylation is 1. The highest BCUT2D eigenvalue weighted by atomic mass is 32.1. The van der Waals surface area contributed by atoms with Gasteiger partial charge in [0.25, 0.3) is 5.56 Å². The standard InChI is InChI=1S/C20H17N5O3S/c1-3-4-18-24-25-19(26)9-15(23-20(25)29-18)12-28-16-6-5-13(8-17(16)27-2)7-14(10-21)11-22/h5-9H,3-4,12H2,1-2H3. The zero-order valence-corrected chi connectivity index (χ0v) is 16.7. The molecule has 0 unspecified atom stereocenters. The zero-order valence-electron chi connectivity index (χ0n) is 15.9. The molecule has 0 radical (unpaired) electrons. The number of hydrogen-bond acceptors (Lipinski definition) is 8. The van der Waals surface area contributed by atoms with Crippen LogP contribution in [0.4, 0.5) is 0 Å². The first-order chi connectivity index (χ1) is 14.1. The van der Waals surface area contributed by atoms with Gasteiger partial charge in [0.15, 0.2) is 11.5 Å². The average Bonchev–Trinajstić information content (AvgIpc) is 3.14. The molecular weight excluding hydrogens is 390 g/mol. The number of nitriles is 2. The van der Waals surface area contributed by atoms with Crippen LogP contribution in [0.15, 0.2) is 34.6 Å². The maximum absolute atomic E-state index is 12.3. The summed E-state index contributed by atoms with van der Waals surface area (Å²) in [6, 6.07) is 10.1. The van der Waals surface area contributed by atoms with Gasteiger partial charge in [-0.1, -0.05) is 24.3 Å². The Balaban J connectivity index is 1.82. The van der Waals surface area contributed by atoms with Gasteiger partial charge in [-0.05, 0) is 30.2 Å². The molecule has 146 valence electrons. The summed E-state index contributed by atoms with van der Waals surface area (Å²) in [6.07, 6.45) is 3.21. The molecule has 0 saturated heterocycles. The molecule has 0 fully saturated rings. The van der Waals surface area contributed by atoms with Gasteiger partial charge in [-0.25, -0.2) is 4.98 Å². The molecule has 29 heavy (non-hydrogen) atoms. The predicted molar refractivity (Wildman–Crippen MR) is 108 cm³/mol. The summed E-state index contributed by atoms with van der Waals surface area (Å²) in [5.41, 5.74) is 0.869. The fraction of sp³-hybridized carbons (Fsp3) is 0.250. The molecule has 0 aliphatic rings. The SMILES string of the molecule is CCCc1nn2c(=O)cc(COc3ccc(C=C(C#N)C#N)cc3OC)nc2s1. The Morgan fingerprint density at radius 2 is 2.07 bits per heavy atom. The van der Waals surface area contributed by atoms with Crippen molar-refractivity contribution < 1.29 is 9.47 Å². The molecule has 8 nitrogen and oxygen atoms in total. The van der Waals surface area contributed by atoms with Crippen molar-refractivity contribution >= 4 is 22.4 Å². The molecule has 0 bridgehead atoms. The molecule has 2 heterocycles. The molecule has 3 rings (SSSR count). The summed E-state index contributed by atoms with van der Waals surface area (Å²) in [7, 11) is 1.49. The van der Waals surface area contributed by atoms with E-state index in [1.165, 1.54) is 35.1 Å². The van der Waals surface area contributed by atoms with Gasteiger partial charge < -0.3 is 9.47 Å². The van der Waals surface area contributed by atoms with Gasteiger partial charge >= 0.3 is 0 Å². The van der Waals surface area contributed by atoms with Crippen LogP contribution in [-0.4, -0.2) is 21.7 Å². The minimum absolute atomic E-state index is 0.00861. The van der Waals surface area contributed by atoms with Gasteiger partial charge in [0, 0.05) is 12.5 Å². The summed E-state index contributed by atoms with van der Waals surface area (Å²) in [5.74, 6) is 0.896. The van der Waals surface area contributed by atoms with Crippen LogP contribution in [0, 0.1) is 22.7 Å². The monoisotopic (exact) mass is 407 g/mol. The van der Waals surface area contributed by atoms with Crippen molar-refractivity contribution in [3.8, 4) is 23.6 Å². The van der Waals surface area contributed by atoms with Gasteiger partial charge in [0.05, 0.1) is 12.8 Å². The highest BCUT2D eigenvalue weighted by molar-refractivity contribution is 7.16. The van der Waals surface area contributed by atoms with E-state index in [-0.39, 0.29) is 17.7 Å². The van der Waals surface area contributed by atoms with Crippen molar-refractivity contribution in [2.45, 2.75) is 26.4 Å². The number of benzene rings is 1. The average molecular weight is 407 g/mol. The van der Waals surface area contributed by atoms with Crippen LogP contribution in [0.3, 0.4) is 0 Å². The summed E-state index contributed by atoms with van der Waals surface area (Å²) in [4.78, 5) is 17.3. The van der Waals surface area contributed by atoms with Crippen LogP contribution in [0.2, 0.25) is 0 Å². The second kappa shape index (κ2) is 9.00. The van der Waals surface area contributed by atoms with E-state index < -0.39 is 0 Å². The Morgan fingerprint density at radius 3 is 2.76 bits per heavy atom. The Hall–Kier alpha value is -3.69. The summed E-state index contributed by atoms with van der Waals surface area (Å²) in [6.45, 7) is 2.14. The van der Waals surface area contributed by atoms with Crippen LogP contribution >= 0.6 is 11.3 Å². The first-order valence-electron chi connectivity index (χ1n) is 8.79. The third-order valence-corrected chi connectivity index (χ3v) is 4.89. The van der Waals surface area contributed by atoms with Crippen molar-refractivity contribution in [1.29, 1.82) is 10.5 Å². The molecule has 0 spiro atoms. The van der Waals surface area contributed by atoms with Crippen LogP contribution in [0.1, 0.15) is 29.6 Å². The maximum Gasteiger partial charge on any atom is 0.275 e. The van der Waals surface area contributed by atoms with Crippen LogP contribution in [-0.2, 0) is 13.0 Å². The fourth-order valence-electron chi connectivity index (χ4n) is 2.59. The quantitative estimate of drug-likeness (QED) is 0.553. The van der Waals surface area contributed by atoms with Crippen LogP contribution < -0.4 is 15.0 Å². The van der Waals surface area contributed by atoms with E-state index in [1.54, 1.807) is 18.2 Å². The van der Waals surface area contributed by atoms with E-state index in [1.807, 2.05) is 12.1 Å². The second-order valence-corrected chi connectivity index (χ2v) is 7.05. The van der Waals surface area contributed by atoms with Gasteiger partial charge in [-0.15, -0.1) is 0 Å². The molecule has 2 aromatic heterocycles. The summed E-state index contributed by atoms with van der Waals surface area (Å²) < 4.78 is 12.4. The van der Waals surface area contributed by atoms with Crippen molar-refractivity contribution in [2.75, 3.05) is 7.11 Å². The molecular formula is C20H17N5O3S. The number of fused-ring (bicyclic) bond motifs is 1. The number of rotatable bonds is 7. The van der Waals surface area contributed by atoms with Gasteiger partial charge in [-0.2, -0.15) is 20.1 Å². The first-order valence-corrected chi connectivity index (χ1v) is 9.61. The number of aromatic nitrogens is 3. The Kier molecular flexibility index (Phi) is 6.22. The van der Waals surface area contributed by atoms with Crippen molar-refractivity contribution in [3.05, 3.63) is 56.5 Å². The van der Waals surface area contributed by atoms with Crippen molar-refractivity contribution in [2.24, 2.45) is 0 Å². The van der Waals surface area contributed by atoms with Gasteiger partial charge in [0.2, 0.25) is 4.96 Å². The van der Waals surface area contributed by atoms with Gasteiger partial charge in [-0.3, -0.25) is 4.79 Å². The largest absolute Gasteiger partial charge is 0.493 e. The highest BCUT2D eigenvalue weighted by Crippen LogP contribution is 2.29. The molecule has 9 heteroatoms. The lowest BCUT2D eigenvalue weighted by Gasteiger charge is -2.11. The number of allylic oxidation sites excluding steroid dienone is 1. The van der Waals surface area contributed by atoms with Crippen LogP contribution in [0.25, 0.3) is 11.0 Å². The minimum atomic E-state index is -0.250. The number of hydrogen-bond donors (Lipinski definition) is 0. The van der Waals surface area contributed by atoms with E-state index >= 15 is 0 Å². The summed E-state index contributed by atoms with van der Waals surface area (Å²) >= 11 is 1.39. The molecule has 0 aliphatic heterocycles. The van der Waals surface area contributed by atoms with Crippen molar-refractivity contribution in [3.63, 3.8) is 0 Å². The highest BCUT2D eigenvalue weighted by Gasteiger charge is 2.11. The lowest BCUT2D eigenvalue weighted by atomic mass is 10.1. The van der Waals surface area contributed by atoms with E-state index in [9.17, 15) is 4.79 Å². The van der Waals surface area contributed by atoms with E-state index in [4.69, 9.17) is 20.0 Å². The van der Waals surface area contributed by atoms with Crippen molar-refractivity contribution in [1.82, 2.24) is 14.6 Å². The normalized spacial score (nSPS) is 10.2. The first kappa shape index (κ1) is 20.1. The number of ether oxygens (including phenoxy) is 2. The Bertz CT molecular complexity index is 1200. The van der Waals surface area contributed by atoms with E-state index in [0.29, 0.717) is 27.7 Å². The smallest absolute Gasteiger partial charge is 0.275 e. The predicted octanol–water partition coefficient (Wildman–Crippen LogP) is 3.12. The number of nitrogens with zero attached hydrogens (tertiary/aromatic N) is 5.